The third-order valence-electron chi connectivity index (χ3n) is 4.89. The van der Waals surface area contributed by atoms with E-state index in [-0.39, 0.29) is 24.4 Å². The Morgan fingerprint density at radius 2 is 2.04 bits per heavy atom. The smallest absolute Gasteiger partial charge is 0.239 e. The van der Waals surface area contributed by atoms with Crippen LogP contribution >= 0.6 is 0 Å². The summed E-state index contributed by atoms with van der Waals surface area (Å²) in [6.45, 7) is 2.49. The van der Waals surface area contributed by atoms with E-state index in [1.165, 1.54) is 0 Å². The first kappa shape index (κ1) is 17.5. The molecular weight excluding hydrogens is 322 g/mol. The molecule has 7 nitrogen and oxygen atoms in total. The molecule has 0 bridgehead atoms. The van der Waals surface area contributed by atoms with Gasteiger partial charge in [0.2, 0.25) is 11.8 Å². The molecular formula is C18H25N3O4. The topological polar surface area (TPSA) is 71.1 Å². The summed E-state index contributed by atoms with van der Waals surface area (Å²) in [6.07, 6.45) is 2.05. The fraction of sp³-hybridized carbons (Fsp3) is 0.556. The van der Waals surface area contributed by atoms with Crippen molar-refractivity contribution in [3.63, 3.8) is 0 Å². The lowest BCUT2D eigenvalue weighted by Gasteiger charge is -2.30. The Kier molecular flexibility index (Phi) is 5.43. The van der Waals surface area contributed by atoms with Gasteiger partial charge in [-0.25, -0.2) is 0 Å². The fourth-order valence-electron chi connectivity index (χ4n) is 3.58. The zero-order chi connectivity index (χ0) is 17.8. The second-order valence-corrected chi connectivity index (χ2v) is 6.41. The van der Waals surface area contributed by atoms with E-state index < -0.39 is 0 Å². The number of nitrogens with one attached hydrogen (secondary N) is 1. The average Bonchev–Trinajstić information content (AvgIpc) is 3.09. The van der Waals surface area contributed by atoms with Gasteiger partial charge in [0.1, 0.15) is 0 Å². The van der Waals surface area contributed by atoms with Crippen molar-refractivity contribution in [2.45, 2.75) is 18.9 Å². The zero-order valence-electron chi connectivity index (χ0n) is 14.8. The first-order valence-corrected chi connectivity index (χ1v) is 8.63. The molecule has 25 heavy (non-hydrogen) atoms. The van der Waals surface area contributed by atoms with Crippen LogP contribution in [0.4, 0.5) is 0 Å². The number of piperazine rings is 1. The molecule has 0 spiro atoms. The van der Waals surface area contributed by atoms with Crippen LogP contribution in [0.1, 0.15) is 24.4 Å². The molecule has 0 radical (unpaired) electrons. The molecule has 3 rings (SSSR count). The Morgan fingerprint density at radius 3 is 2.76 bits per heavy atom. The first-order valence-electron chi connectivity index (χ1n) is 8.63. The maximum atomic E-state index is 12.6. The molecule has 136 valence electrons. The maximum Gasteiger partial charge on any atom is 0.239 e. The number of nitrogens with zero attached hydrogens (tertiary/aromatic N) is 2. The Balaban J connectivity index is 1.70. The van der Waals surface area contributed by atoms with Gasteiger partial charge in [0.05, 0.1) is 27.3 Å². The van der Waals surface area contributed by atoms with Crippen molar-refractivity contribution in [2.75, 3.05) is 46.9 Å². The standard InChI is InChI=1S/C18H25N3O4/c1-24-15-6-5-13(10-16(15)25-2)14-4-3-8-20(14)12-18(23)21-9-7-19-17(22)11-21/h5-6,10,14H,3-4,7-9,11-12H2,1-2H3,(H,19,22). The molecule has 1 atom stereocenters. The van der Waals surface area contributed by atoms with Gasteiger partial charge in [0.25, 0.3) is 0 Å². The van der Waals surface area contributed by atoms with Crippen molar-refractivity contribution < 1.29 is 19.1 Å². The van der Waals surface area contributed by atoms with E-state index in [2.05, 4.69) is 10.2 Å². The third-order valence-corrected chi connectivity index (χ3v) is 4.89. The van der Waals surface area contributed by atoms with Crippen LogP contribution in [-0.2, 0) is 9.59 Å². The molecule has 2 fully saturated rings. The minimum Gasteiger partial charge on any atom is -0.493 e. The summed E-state index contributed by atoms with van der Waals surface area (Å²) < 4.78 is 10.7. The van der Waals surface area contributed by atoms with Crippen LogP contribution in [0.15, 0.2) is 18.2 Å². The number of ether oxygens (including phenoxy) is 2. The van der Waals surface area contributed by atoms with E-state index in [1.807, 2.05) is 18.2 Å². The molecule has 0 aromatic heterocycles. The summed E-state index contributed by atoms with van der Waals surface area (Å²) >= 11 is 0. The highest BCUT2D eigenvalue weighted by molar-refractivity contribution is 5.86. The highest BCUT2D eigenvalue weighted by Crippen LogP contribution is 2.36. The molecule has 2 saturated heterocycles. The molecule has 0 aliphatic carbocycles. The van der Waals surface area contributed by atoms with Gasteiger partial charge < -0.3 is 19.7 Å². The molecule has 1 N–H and O–H groups in total. The van der Waals surface area contributed by atoms with Crippen LogP contribution in [-0.4, -0.2) is 68.6 Å². The predicted octanol–water partition coefficient (Wildman–Crippen LogP) is 0.799. The van der Waals surface area contributed by atoms with Crippen molar-refractivity contribution in [1.82, 2.24) is 15.1 Å². The molecule has 1 aromatic rings. The number of hydrogen-bond acceptors (Lipinski definition) is 5. The van der Waals surface area contributed by atoms with Crippen molar-refractivity contribution in [1.29, 1.82) is 0 Å². The minimum absolute atomic E-state index is 0.0160. The van der Waals surface area contributed by atoms with Crippen molar-refractivity contribution in [3.8, 4) is 11.5 Å². The number of hydrogen-bond donors (Lipinski definition) is 1. The van der Waals surface area contributed by atoms with E-state index >= 15 is 0 Å². The molecule has 0 saturated carbocycles. The third kappa shape index (κ3) is 3.87. The zero-order valence-corrected chi connectivity index (χ0v) is 14.8. The summed E-state index contributed by atoms with van der Waals surface area (Å²) in [7, 11) is 3.24. The Morgan fingerprint density at radius 1 is 1.24 bits per heavy atom. The van der Waals surface area contributed by atoms with Gasteiger partial charge in [-0.15, -0.1) is 0 Å². The monoisotopic (exact) mass is 347 g/mol. The molecule has 2 amide bonds. The van der Waals surface area contributed by atoms with E-state index in [0.29, 0.717) is 31.1 Å². The normalized spacial score (nSPS) is 21.1. The van der Waals surface area contributed by atoms with E-state index in [9.17, 15) is 9.59 Å². The van der Waals surface area contributed by atoms with Crippen molar-refractivity contribution in [2.24, 2.45) is 0 Å². The lowest BCUT2D eigenvalue weighted by Crippen LogP contribution is -2.52. The number of amides is 2. The second-order valence-electron chi connectivity index (χ2n) is 6.41. The quantitative estimate of drug-likeness (QED) is 0.853. The van der Waals surface area contributed by atoms with Crippen LogP contribution in [0.25, 0.3) is 0 Å². The maximum absolute atomic E-state index is 12.6. The Hall–Kier alpha value is -2.28. The largest absolute Gasteiger partial charge is 0.493 e. The molecule has 2 heterocycles. The van der Waals surface area contributed by atoms with Crippen molar-refractivity contribution in [3.05, 3.63) is 23.8 Å². The lowest BCUT2D eigenvalue weighted by atomic mass is 10.0. The lowest BCUT2D eigenvalue weighted by molar-refractivity contribution is -0.139. The summed E-state index contributed by atoms with van der Waals surface area (Å²) in [5.41, 5.74) is 1.12. The number of likely N-dealkylation sites (tertiary alicyclic amines) is 1. The number of carbonyl (C=O) groups excluding carboxylic acids is 2. The van der Waals surface area contributed by atoms with Gasteiger partial charge >= 0.3 is 0 Å². The number of carbonyl (C=O) groups is 2. The van der Waals surface area contributed by atoms with Gasteiger partial charge in [-0.3, -0.25) is 14.5 Å². The van der Waals surface area contributed by atoms with Gasteiger partial charge in [-0.2, -0.15) is 0 Å². The summed E-state index contributed by atoms with van der Waals surface area (Å²) in [5.74, 6) is 1.33. The Bertz CT molecular complexity index is 649. The van der Waals surface area contributed by atoms with Crippen LogP contribution in [0, 0.1) is 0 Å². The first-order chi connectivity index (χ1) is 12.1. The minimum atomic E-state index is -0.0857. The number of methoxy groups -OCH3 is 2. The Labute approximate surface area is 147 Å². The summed E-state index contributed by atoms with van der Waals surface area (Å²) in [6, 6.07) is 6.10. The summed E-state index contributed by atoms with van der Waals surface area (Å²) in [5, 5.41) is 2.75. The molecule has 2 aliphatic rings. The SMILES string of the molecule is COc1ccc(C2CCCN2CC(=O)N2CCNC(=O)C2)cc1OC. The van der Waals surface area contributed by atoms with Crippen LogP contribution in [0.5, 0.6) is 11.5 Å². The summed E-state index contributed by atoms with van der Waals surface area (Å²) in [4.78, 5) is 27.9. The van der Waals surface area contributed by atoms with Gasteiger partial charge in [0, 0.05) is 19.1 Å². The second kappa shape index (κ2) is 7.74. The average molecular weight is 347 g/mol. The van der Waals surface area contributed by atoms with Crippen molar-refractivity contribution >= 4 is 11.8 Å². The van der Waals surface area contributed by atoms with Gasteiger partial charge in [-0.05, 0) is 37.1 Å². The molecule has 1 unspecified atom stereocenters. The number of rotatable bonds is 5. The fourth-order valence-corrected chi connectivity index (χ4v) is 3.58. The number of benzene rings is 1. The van der Waals surface area contributed by atoms with Crippen LogP contribution in [0.2, 0.25) is 0 Å². The van der Waals surface area contributed by atoms with E-state index in [1.54, 1.807) is 19.1 Å². The molecule has 2 aliphatic heterocycles. The van der Waals surface area contributed by atoms with E-state index in [4.69, 9.17) is 9.47 Å². The van der Waals surface area contributed by atoms with E-state index in [0.717, 1.165) is 24.9 Å². The molecule has 1 aromatic carbocycles. The van der Waals surface area contributed by atoms with Crippen LogP contribution in [0.3, 0.4) is 0 Å². The highest BCUT2D eigenvalue weighted by atomic mass is 16.5. The predicted molar refractivity (Wildman–Crippen MR) is 92.7 cm³/mol. The van der Waals surface area contributed by atoms with Crippen LogP contribution < -0.4 is 14.8 Å². The molecule has 7 heteroatoms. The van der Waals surface area contributed by atoms with Gasteiger partial charge in [0.15, 0.2) is 11.5 Å². The highest BCUT2D eigenvalue weighted by Gasteiger charge is 2.30. The van der Waals surface area contributed by atoms with Gasteiger partial charge in [-0.1, -0.05) is 6.07 Å².